The molecule has 5 nitrogen and oxygen atoms in total. The smallest absolute Gasteiger partial charge is 0.262 e. The minimum Gasteiger partial charge on any atom is -0.484 e. The second-order valence-corrected chi connectivity index (χ2v) is 7.41. The fraction of sp³-hybridized carbons (Fsp3) is 0.235. The number of anilines is 1. The van der Waals surface area contributed by atoms with Crippen molar-refractivity contribution in [2.24, 2.45) is 0 Å². The van der Waals surface area contributed by atoms with Crippen molar-refractivity contribution < 1.29 is 17.9 Å². The third-order valence-corrected chi connectivity index (χ3v) is 4.28. The second-order valence-electron chi connectivity index (χ2n) is 5.43. The van der Waals surface area contributed by atoms with Gasteiger partial charge in [-0.2, -0.15) is 0 Å². The first-order valence-corrected chi connectivity index (χ1v) is 8.95. The summed E-state index contributed by atoms with van der Waals surface area (Å²) in [6, 6.07) is 12.0. The number of hydrogen-bond donors (Lipinski definition) is 1. The van der Waals surface area contributed by atoms with Crippen LogP contribution in [-0.2, 0) is 14.6 Å². The number of aryl methyl sites for hydroxylation is 2. The minimum absolute atomic E-state index is 0.0831. The van der Waals surface area contributed by atoms with Gasteiger partial charge in [0.25, 0.3) is 5.91 Å². The molecule has 0 aliphatic heterocycles. The summed E-state index contributed by atoms with van der Waals surface area (Å²) in [7, 11) is -3.41. The average molecular weight is 333 g/mol. The van der Waals surface area contributed by atoms with E-state index < -0.39 is 15.7 Å². The van der Waals surface area contributed by atoms with Crippen LogP contribution in [0, 0.1) is 13.8 Å². The number of hydrogen-bond acceptors (Lipinski definition) is 4. The highest BCUT2D eigenvalue weighted by Gasteiger charge is 2.14. The maximum atomic E-state index is 12.0. The Labute approximate surface area is 136 Å². The Hall–Kier alpha value is -2.34. The molecule has 1 N–H and O–H groups in total. The van der Waals surface area contributed by atoms with Crippen molar-refractivity contribution in [2.45, 2.75) is 18.7 Å². The monoisotopic (exact) mass is 333 g/mol. The maximum Gasteiger partial charge on any atom is 0.262 e. The van der Waals surface area contributed by atoms with Gasteiger partial charge in [-0.05, 0) is 49.2 Å². The maximum absolute atomic E-state index is 12.0. The van der Waals surface area contributed by atoms with Crippen molar-refractivity contribution in [1.82, 2.24) is 0 Å². The largest absolute Gasteiger partial charge is 0.484 e. The van der Waals surface area contributed by atoms with Crippen LogP contribution in [0.5, 0.6) is 5.75 Å². The quantitative estimate of drug-likeness (QED) is 0.913. The van der Waals surface area contributed by atoms with Crippen molar-refractivity contribution in [1.29, 1.82) is 0 Å². The van der Waals surface area contributed by atoms with Gasteiger partial charge in [-0.15, -0.1) is 0 Å². The van der Waals surface area contributed by atoms with E-state index in [4.69, 9.17) is 4.74 Å². The topological polar surface area (TPSA) is 72.5 Å². The first-order valence-electron chi connectivity index (χ1n) is 7.06. The van der Waals surface area contributed by atoms with E-state index in [0.717, 1.165) is 17.4 Å². The molecule has 122 valence electrons. The molecule has 0 spiro atoms. The molecular formula is C17H19NO4S. The predicted octanol–water partition coefficient (Wildman–Crippen LogP) is 2.72. The van der Waals surface area contributed by atoms with Crippen molar-refractivity contribution in [3.8, 4) is 5.75 Å². The van der Waals surface area contributed by atoms with Gasteiger partial charge in [0.15, 0.2) is 16.4 Å². The summed E-state index contributed by atoms with van der Waals surface area (Å²) >= 11 is 0. The van der Waals surface area contributed by atoms with Gasteiger partial charge < -0.3 is 10.1 Å². The van der Waals surface area contributed by atoms with Crippen molar-refractivity contribution in [2.75, 3.05) is 18.2 Å². The lowest BCUT2D eigenvalue weighted by atomic mass is 10.1. The fourth-order valence-electron chi connectivity index (χ4n) is 2.24. The van der Waals surface area contributed by atoms with E-state index in [2.05, 4.69) is 5.32 Å². The van der Waals surface area contributed by atoms with Crippen LogP contribution in [-0.4, -0.2) is 27.2 Å². The lowest BCUT2D eigenvalue weighted by molar-refractivity contribution is -0.118. The number of rotatable bonds is 5. The molecule has 0 fully saturated rings. The van der Waals surface area contributed by atoms with E-state index in [1.54, 1.807) is 18.2 Å². The molecule has 0 heterocycles. The van der Waals surface area contributed by atoms with E-state index in [1.165, 1.54) is 6.07 Å². The SMILES string of the molecule is Cc1cc(C)cc(OCC(=O)Nc2ccccc2S(C)(=O)=O)c1. The molecule has 0 aliphatic rings. The molecule has 2 rings (SSSR count). The Morgan fingerprint density at radius 1 is 1.09 bits per heavy atom. The first kappa shape index (κ1) is 17.0. The number of amides is 1. The highest BCUT2D eigenvalue weighted by molar-refractivity contribution is 7.90. The van der Waals surface area contributed by atoms with Gasteiger partial charge in [0, 0.05) is 6.26 Å². The van der Waals surface area contributed by atoms with Crippen molar-refractivity contribution in [3.05, 3.63) is 53.6 Å². The van der Waals surface area contributed by atoms with Gasteiger partial charge in [0.2, 0.25) is 0 Å². The van der Waals surface area contributed by atoms with Gasteiger partial charge >= 0.3 is 0 Å². The van der Waals surface area contributed by atoms with E-state index in [1.807, 2.05) is 32.0 Å². The standard InChI is InChI=1S/C17H19NO4S/c1-12-8-13(2)10-14(9-12)22-11-17(19)18-15-6-4-5-7-16(15)23(3,20)21/h4-10H,11H2,1-3H3,(H,18,19). The lowest BCUT2D eigenvalue weighted by Crippen LogP contribution is -2.21. The first-order chi connectivity index (χ1) is 10.8. The van der Waals surface area contributed by atoms with Crippen LogP contribution in [0.15, 0.2) is 47.4 Å². The third kappa shape index (κ3) is 4.82. The van der Waals surface area contributed by atoms with Crippen LogP contribution in [0.1, 0.15) is 11.1 Å². The highest BCUT2D eigenvalue weighted by atomic mass is 32.2. The van der Waals surface area contributed by atoms with Gasteiger partial charge in [0.05, 0.1) is 10.6 Å². The van der Waals surface area contributed by atoms with Crippen LogP contribution in [0.4, 0.5) is 5.69 Å². The summed E-state index contributed by atoms with van der Waals surface area (Å²) in [4.78, 5) is 12.1. The molecule has 23 heavy (non-hydrogen) atoms. The Balaban J connectivity index is 2.06. The predicted molar refractivity (Wildman–Crippen MR) is 89.6 cm³/mol. The Morgan fingerprint density at radius 3 is 2.30 bits per heavy atom. The van der Waals surface area contributed by atoms with Crippen LogP contribution in [0.3, 0.4) is 0 Å². The van der Waals surface area contributed by atoms with E-state index >= 15 is 0 Å². The summed E-state index contributed by atoms with van der Waals surface area (Å²) in [5, 5.41) is 2.57. The van der Waals surface area contributed by atoms with Gasteiger partial charge in [-0.1, -0.05) is 18.2 Å². The average Bonchev–Trinajstić information content (AvgIpc) is 2.43. The Kier molecular flexibility index (Phi) is 5.05. The zero-order chi connectivity index (χ0) is 17.0. The zero-order valence-electron chi connectivity index (χ0n) is 13.3. The molecule has 1 amide bonds. The fourth-order valence-corrected chi connectivity index (χ4v) is 3.09. The molecule has 2 aromatic rings. The molecule has 0 atom stereocenters. The number of sulfone groups is 1. The number of carbonyl (C=O) groups is 1. The summed E-state index contributed by atoms with van der Waals surface area (Å²) in [6.07, 6.45) is 1.10. The summed E-state index contributed by atoms with van der Waals surface area (Å²) in [5.41, 5.74) is 2.34. The van der Waals surface area contributed by atoms with E-state index in [-0.39, 0.29) is 17.2 Å². The third-order valence-electron chi connectivity index (χ3n) is 3.13. The molecule has 0 bridgehead atoms. The van der Waals surface area contributed by atoms with Gasteiger partial charge in [-0.25, -0.2) is 8.42 Å². The van der Waals surface area contributed by atoms with Crippen molar-refractivity contribution >= 4 is 21.4 Å². The lowest BCUT2D eigenvalue weighted by Gasteiger charge is -2.11. The molecule has 0 aromatic heterocycles. The zero-order valence-corrected chi connectivity index (χ0v) is 14.1. The Bertz CT molecular complexity index is 808. The van der Waals surface area contributed by atoms with Gasteiger partial charge in [0.1, 0.15) is 5.75 Å². The van der Waals surface area contributed by atoms with E-state index in [0.29, 0.717) is 5.75 Å². The minimum atomic E-state index is -3.41. The molecule has 0 saturated heterocycles. The number of benzene rings is 2. The number of nitrogens with one attached hydrogen (secondary N) is 1. The molecular weight excluding hydrogens is 314 g/mol. The summed E-state index contributed by atoms with van der Waals surface area (Å²) in [6.45, 7) is 3.70. The van der Waals surface area contributed by atoms with E-state index in [9.17, 15) is 13.2 Å². The van der Waals surface area contributed by atoms with Crippen LogP contribution in [0.2, 0.25) is 0 Å². The summed E-state index contributed by atoms with van der Waals surface area (Å²) < 4.78 is 28.9. The van der Waals surface area contributed by atoms with Crippen LogP contribution < -0.4 is 10.1 Å². The Morgan fingerprint density at radius 2 is 1.70 bits per heavy atom. The molecule has 6 heteroatoms. The number of para-hydroxylation sites is 1. The molecule has 0 radical (unpaired) electrons. The van der Waals surface area contributed by atoms with Crippen LogP contribution in [0.25, 0.3) is 0 Å². The summed E-state index contributed by atoms with van der Waals surface area (Å²) in [5.74, 6) is 0.189. The van der Waals surface area contributed by atoms with Crippen molar-refractivity contribution in [3.63, 3.8) is 0 Å². The molecule has 0 unspecified atom stereocenters. The van der Waals surface area contributed by atoms with Crippen LogP contribution >= 0.6 is 0 Å². The highest BCUT2D eigenvalue weighted by Crippen LogP contribution is 2.21. The van der Waals surface area contributed by atoms with Gasteiger partial charge in [-0.3, -0.25) is 4.79 Å². The normalized spacial score (nSPS) is 11.1. The molecule has 2 aromatic carbocycles. The molecule has 0 saturated carbocycles. The number of ether oxygens (including phenoxy) is 1. The number of carbonyl (C=O) groups excluding carboxylic acids is 1. The molecule has 0 aliphatic carbocycles. The second kappa shape index (κ2) is 6.83.